The standard InChI is InChI=1S/C24H29N3O3/c1-6-18(14-25-5)19-10-8-11-20(13-19)26-24-22-15(2)9-7-12-21(22)27-23(30-24)16(3)29-17(4)28/h7-13,16,18,25H,6,14H2,1-5H3/t16-,18?/m0/s1. The first-order chi connectivity index (χ1) is 14.4. The number of hydrogen-bond acceptors (Lipinski definition) is 6. The van der Waals surface area contributed by atoms with E-state index in [-0.39, 0.29) is 5.97 Å². The Morgan fingerprint density at radius 3 is 2.73 bits per heavy atom. The van der Waals surface area contributed by atoms with Crippen LogP contribution >= 0.6 is 0 Å². The maximum atomic E-state index is 11.4. The van der Waals surface area contributed by atoms with Crippen LogP contribution in [0.3, 0.4) is 0 Å². The number of aromatic nitrogens is 1. The minimum Gasteiger partial charge on any atom is -0.453 e. The lowest BCUT2D eigenvalue weighted by Crippen LogP contribution is -2.16. The Balaban J connectivity index is 2.16. The molecule has 158 valence electrons. The quantitative estimate of drug-likeness (QED) is 0.574. The van der Waals surface area contributed by atoms with E-state index in [0.717, 1.165) is 35.1 Å². The van der Waals surface area contributed by atoms with Gasteiger partial charge in [0.1, 0.15) is 0 Å². The second-order valence-electron chi connectivity index (χ2n) is 7.45. The number of likely N-dealkylation sites (N-methyl/N-ethyl adjacent to an activating group) is 1. The van der Waals surface area contributed by atoms with Gasteiger partial charge in [0, 0.05) is 13.5 Å². The largest absolute Gasteiger partial charge is 0.453 e. The van der Waals surface area contributed by atoms with Crippen LogP contribution < -0.4 is 10.9 Å². The van der Waals surface area contributed by atoms with Crippen LogP contribution in [0.25, 0.3) is 10.9 Å². The molecular formula is C24H29N3O3. The SMILES string of the molecule is CCC(CNC)c1cccc(N=c2oc([C@H](C)OC(C)=O)nc3cccc(C)c23)c1. The van der Waals surface area contributed by atoms with Gasteiger partial charge in [-0.2, -0.15) is 0 Å². The fraction of sp³-hybridized carbons (Fsp3) is 0.375. The third kappa shape index (κ3) is 4.94. The molecule has 6 nitrogen and oxygen atoms in total. The summed E-state index contributed by atoms with van der Waals surface area (Å²) in [5.74, 6) is 0.350. The van der Waals surface area contributed by atoms with Crippen molar-refractivity contribution < 1.29 is 13.9 Å². The Labute approximate surface area is 177 Å². The number of aryl methyl sites for hydroxylation is 1. The number of rotatable bonds is 7. The van der Waals surface area contributed by atoms with E-state index >= 15 is 0 Å². The number of esters is 1. The monoisotopic (exact) mass is 407 g/mol. The summed E-state index contributed by atoms with van der Waals surface area (Å²) in [6, 6.07) is 14.1. The molecule has 2 aromatic carbocycles. The number of nitrogens with one attached hydrogen (secondary N) is 1. The fourth-order valence-electron chi connectivity index (χ4n) is 3.58. The van der Waals surface area contributed by atoms with Gasteiger partial charge >= 0.3 is 5.97 Å². The first-order valence-corrected chi connectivity index (χ1v) is 10.3. The molecule has 0 aliphatic rings. The molecule has 6 heteroatoms. The maximum Gasteiger partial charge on any atom is 0.303 e. The van der Waals surface area contributed by atoms with Gasteiger partial charge in [-0.3, -0.25) is 4.79 Å². The van der Waals surface area contributed by atoms with Gasteiger partial charge in [-0.15, -0.1) is 0 Å². The molecule has 1 N–H and O–H groups in total. The third-order valence-corrected chi connectivity index (χ3v) is 5.10. The number of hydrogen-bond donors (Lipinski definition) is 1. The molecule has 0 spiro atoms. The number of carbonyl (C=O) groups excluding carboxylic acids is 1. The van der Waals surface area contributed by atoms with Gasteiger partial charge in [0.15, 0.2) is 6.10 Å². The maximum absolute atomic E-state index is 11.4. The summed E-state index contributed by atoms with van der Waals surface area (Å²) in [4.78, 5) is 20.8. The second-order valence-corrected chi connectivity index (χ2v) is 7.45. The van der Waals surface area contributed by atoms with Crippen molar-refractivity contribution in [1.29, 1.82) is 0 Å². The van der Waals surface area contributed by atoms with Crippen LogP contribution in [-0.4, -0.2) is 24.5 Å². The predicted molar refractivity (Wildman–Crippen MR) is 118 cm³/mol. The molecular weight excluding hydrogens is 378 g/mol. The molecule has 2 atom stereocenters. The number of fused-ring (bicyclic) bond motifs is 1. The number of benzene rings is 2. The van der Waals surface area contributed by atoms with Gasteiger partial charge in [0.05, 0.1) is 16.6 Å². The van der Waals surface area contributed by atoms with Crippen LogP contribution in [0, 0.1) is 6.92 Å². The zero-order valence-corrected chi connectivity index (χ0v) is 18.2. The van der Waals surface area contributed by atoms with Crippen molar-refractivity contribution in [3.8, 4) is 0 Å². The van der Waals surface area contributed by atoms with Gasteiger partial charge in [0.2, 0.25) is 11.4 Å². The van der Waals surface area contributed by atoms with Crippen LogP contribution in [0.4, 0.5) is 5.69 Å². The molecule has 0 aliphatic carbocycles. The van der Waals surface area contributed by atoms with Gasteiger partial charge < -0.3 is 14.5 Å². The molecule has 0 saturated heterocycles. The van der Waals surface area contributed by atoms with E-state index in [9.17, 15) is 4.79 Å². The third-order valence-electron chi connectivity index (χ3n) is 5.10. The Morgan fingerprint density at radius 2 is 2.03 bits per heavy atom. The molecule has 1 unspecified atom stereocenters. The van der Waals surface area contributed by atoms with Crippen molar-refractivity contribution >= 4 is 22.6 Å². The van der Waals surface area contributed by atoms with Crippen molar-refractivity contribution in [3.05, 3.63) is 65.0 Å². The van der Waals surface area contributed by atoms with Crippen LogP contribution in [-0.2, 0) is 9.53 Å². The average Bonchev–Trinajstić information content (AvgIpc) is 2.71. The first-order valence-electron chi connectivity index (χ1n) is 10.3. The van der Waals surface area contributed by atoms with Crippen molar-refractivity contribution in [2.24, 2.45) is 4.99 Å². The van der Waals surface area contributed by atoms with E-state index in [4.69, 9.17) is 14.1 Å². The number of carbonyl (C=O) groups is 1. The lowest BCUT2D eigenvalue weighted by Gasteiger charge is -2.15. The molecule has 0 fully saturated rings. The normalized spacial score (nSPS) is 14.0. The molecule has 1 heterocycles. The molecule has 0 saturated carbocycles. The molecule has 0 aliphatic heterocycles. The molecule has 0 amide bonds. The van der Waals surface area contributed by atoms with Gasteiger partial charge in [0.25, 0.3) is 0 Å². The summed E-state index contributed by atoms with van der Waals surface area (Å²) < 4.78 is 11.3. The number of nitrogens with zero attached hydrogens (tertiary/aromatic N) is 2. The van der Waals surface area contributed by atoms with E-state index in [0.29, 0.717) is 17.4 Å². The summed E-state index contributed by atoms with van der Waals surface area (Å²) in [6.45, 7) is 8.20. The minimum absolute atomic E-state index is 0.319. The summed E-state index contributed by atoms with van der Waals surface area (Å²) in [6.07, 6.45) is 0.434. The molecule has 1 aromatic heterocycles. The molecule has 0 radical (unpaired) electrons. The highest BCUT2D eigenvalue weighted by Gasteiger charge is 2.16. The zero-order chi connectivity index (χ0) is 21.7. The van der Waals surface area contributed by atoms with Crippen LogP contribution in [0.2, 0.25) is 0 Å². The Hall–Kier alpha value is -2.99. The number of ether oxygens (including phenoxy) is 1. The Kier molecular flexibility index (Phi) is 7.00. The van der Waals surface area contributed by atoms with E-state index in [1.807, 2.05) is 44.3 Å². The zero-order valence-electron chi connectivity index (χ0n) is 18.2. The highest BCUT2D eigenvalue weighted by molar-refractivity contribution is 5.80. The van der Waals surface area contributed by atoms with Crippen molar-refractivity contribution in [3.63, 3.8) is 0 Å². The van der Waals surface area contributed by atoms with Crippen molar-refractivity contribution in [2.45, 2.75) is 46.1 Å². The predicted octanol–water partition coefficient (Wildman–Crippen LogP) is 4.71. The summed E-state index contributed by atoms with van der Waals surface area (Å²) in [5.41, 5.74) is 4.29. The van der Waals surface area contributed by atoms with Crippen molar-refractivity contribution in [2.75, 3.05) is 13.6 Å². The van der Waals surface area contributed by atoms with Crippen molar-refractivity contribution in [1.82, 2.24) is 10.3 Å². The summed E-state index contributed by atoms with van der Waals surface area (Å²) >= 11 is 0. The van der Waals surface area contributed by atoms with E-state index in [2.05, 4.69) is 29.4 Å². The first kappa shape index (κ1) is 21.7. The van der Waals surface area contributed by atoms with E-state index in [1.54, 1.807) is 6.92 Å². The van der Waals surface area contributed by atoms with E-state index < -0.39 is 6.10 Å². The molecule has 3 aromatic rings. The smallest absolute Gasteiger partial charge is 0.303 e. The van der Waals surface area contributed by atoms with Crippen LogP contribution in [0.15, 0.2) is 51.9 Å². The van der Waals surface area contributed by atoms with Gasteiger partial charge in [-0.25, -0.2) is 9.98 Å². The van der Waals surface area contributed by atoms with Gasteiger partial charge in [-0.05, 0) is 62.6 Å². The fourth-order valence-corrected chi connectivity index (χ4v) is 3.58. The Morgan fingerprint density at radius 1 is 1.27 bits per heavy atom. The average molecular weight is 408 g/mol. The topological polar surface area (TPSA) is 76.7 Å². The molecule has 3 rings (SSSR count). The molecule has 30 heavy (non-hydrogen) atoms. The van der Waals surface area contributed by atoms with E-state index in [1.165, 1.54) is 12.5 Å². The van der Waals surface area contributed by atoms with Crippen LogP contribution in [0.5, 0.6) is 0 Å². The second kappa shape index (κ2) is 9.67. The lowest BCUT2D eigenvalue weighted by molar-refractivity contribution is -0.146. The minimum atomic E-state index is -0.604. The highest BCUT2D eigenvalue weighted by Crippen LogP contribution is 2.24. The lowest BCUT2D eigenvalue weighted by atomic mass is 9.96. The summed E-state index contributed by atoms with van der Waals surface area (Å²) in [5, 5.41) is 4.11. The Bertz CT molecular complexity index is 1100. The summed E-state index contributed by atoms with van der Waals surface area (Å²) in [7, 11) is 1.97. The van der Waals surface area contributed by atoms with Crippen LogP contribution in [0.1, 0.15) is 56.2 Å². The highest BCUT2D eigenvalue weighted by atomic mass is 16.6. The molecule has 0 bridgehead atoms. The van der Waals surface area contributed by atoms with Gasteiger partial charge in [-0.1, -0.05) is 31.2 Å².